The minimum absolute atomic E-state index is 0. The lowest BCUT2D eigenvalue weighted by molar-refractivity contribution is -0.385. The normalized spacial score (nSPS) is 11.1. The molecule has 0 atom stereocenters. The van der Waals surface area contributed by atoms with Crippen molar-refractivity contribution in [3.8, 4) is 0 Å². The third kappa shape index (κ3) is 6.82. The topological polar surface area (TPSA) is 163 Å². The molecule has 0 aliphatic rings. The molecule has 0 radical (unpaired) electrons. The van der Waals surface area contributed by atoms with E-state index in [0.717, 1.165) is 0 Å². The number of non-ortho nitro benzene ring substituents is 2. The summed E-state index contributed by atoms with van der Waals surface area (Å²) < 4.78 is 0. The van der Waals surface area contributed by atoms with Crippen LogP contribution in [0.5, 0.6) is 0 Å². The van der Waals surface area contributed by atoms with Gasteiger partial charge in [-0.2, -0.15) is 0 Å². The van der Waals surface area contributed by atoms with Crippen LogP contribution in [0.1, 0.15) is 11.1 Å². The minimum atomic E-state index is -0.493. The van der Waals surface area contributed by atoms with E-state index in [2.05, 4.69) is 9.98 Å². The second-order valence-corrected chi connectivity index (χ2v) is 5.14. The monoisotopic (exact) mass is 428 g/mol. The molecule has 0 heterocycles. The van der Waals surface area contributed by atoms with Crippen LogP contribution in [0.15, 0.2) is 58.5 Å². The van der Waals surface area contributed by atoms with Crippen LogP contribution in [0.4, 0.5) is 11.4 Å². The fourth-order valence-corrected chi connectivity index (χ4v) is 2.03. The Bertz CT molecular complexity index is 796. The van der Waals surface area contributed by atoms with E-state index in [1.54, 1.807) is 0 Å². The van der Waals surface area contributed by atoms with Gasteiger partial charge in [0.1, 0.15) is 11.7 Å². The number of nitro benzene ring substituents is 2. The van der Waals surface area contributed by atoms with Crippen molar-refractivity contribution in [1.29, 1.82) is 0 Å². The fraction of sp³-hybridized carbons (Fsp3) is 0.125. The Labute approximate surface area is 172 Å². The summed E-state index contributed by atoms with van der Waals surface area (Å²) in [5, 5.41) is 21.2. The van der Waals surface area contributed by atoms with Crippen LogP contribution in [0.2, 0.25) is 0 Å². The molecule has 0 unspecified atom stereocenters. The van der Waals surface area contributed by atoms with Crippen molar-refractivity contribution in [1.82, 2.24) is 0 Å². The Kier molecular flexibility index (Phi) is 10.1. The van der Waals surface area contributed by atoms with Gasteiger partial charge in [0, 0.05) is 35.4 Å². The van der Waals surface area contributed by atoms with Gasteiger partial charge in [-0.1, -0.05) is 0 Å². The van der Waals surface area contributed by atoms with Gasteiger partial charge < -0.3 is 11.5 Å². The molecule has 0 spiro atoms. The summed E-state index contributed by atoms with van der Waals surface area (Å²) in [6, 6.07) is 11.5. The number of nitrogens with zero attached hydrogens (tertiary/aromatic N) is 4. The first-order valence-electron chi connectivity index (χ1n) is 7.48. The largest absolute Gasteiger partial charge is 0.384 e. The highest BCUT2D eigenvalue weighted by Gasteiger charge is 2.06. The lowest BCUT2D eigenvalue weighted by Crippen LogP contribution is -2.16. The molecule has 10 nitrogen and oxygen atoms in total. The summed E-state index contributed by atoms with van der Waals surface area (Å²) in [5.41, 5.74) is 12.8. The zero-order valence-electron chi connectivity index (χ0n) is 14.4. The van der Waals surface area contributed by atoms with Crippen molar-refractivity contribution < 1.29 is 9.85 Å². The number of nitrogens with two attached hydrogens (primary N) is 2. The summed E-state index contributed by atoms with van der Waals surface area (Å²) in [6.07, 6.45) is 0. The molecular weight excluding hydrogens is 411 g/mol. The maximum absolute atomic E-state index is 10.6. The van der Waals surface area contributed by atoms with E-state index in [4.69, 9.17) is 11.5 Å². The average Bonchev–Trinajstić information content (AvgIpc) is 2.65. The van der Waals surface area contributed by atoms with Gasteiger partial charge >= 0.3 is 0 Å². The van der Waals surface area contributed by atoms with Gasteiger partial charge in [-0.15, -0.1) is 24.8 Å². The Morgan fingerprint density at radius 1 is 0.714 bits per heavy atom. The first kappa shape index (κ1) is 24.8. The Balaban J connectivity index is 0.00000364. The van der Waals surface area contributed by atoms with Crippen LogP contribution < -0.4 is 11.5 Å². The quantitative estimate of drug-likeness (QED) is 0.226. The number of hydrogen-bond donors (Lipinski definition) is 2. The molecule has 0 saturated carbocycles. The molecule has 0 aliphatic heterocycles. The highest BCUT2D eigenvalue weighted by atomic mass is 35.5. The summed E-state index contributed by atoms with van der Waals surface area (Å²) in [7, 11) is 0. The number of rotatable bonds is 7. The van der Waals surface area contributed by atoms with Gasteiger partial charge in [0.05, 0.1) is 22.9 Å². The third-order valence-electron chi connectivity index (χ3n) is 3.41. The van der Waals surface area contributed by atoms with Crippen LogP contribution in [-0.4, -0.2) is 34.6 Å². The van der Waals surface area contributed by atoms with Gasteiger partial charge in [-0.05, 0) is 24.3 Å². The van der Waals surface area contributed by atoms with Crippen LogP contribution >= 0.6 is 24.8 Å². The minimum Gasteiger partial charge on any atom is -0.384 e. The lowest BCUT2D eigenvalue weighted by Gasteiger charge is -2.02. The number of aliphatic imine (C=N–C) groups is 2. The van der Waals surface area contributed by atoms with E-state index in [0.29, 0.717) is 11.1 Å². The van der Waals surface area contributed by atoms with E-state index in [1.165, 1.54) is 48.5 Å². The summed E-state index contributed by atoms with van der Waals surface area (Å²) in [4.78, 5) is 28.5. The van der Waals surface area contributed by atoms with E-state index < -0.39 is 9.85 Å². The summed E-state index contributed by atoms with van der Waals surface area (Å²) >= 11 is 0. The molecule has 0 saturated heterocycles. The molecule has 0 fully saturated rings. The molecule has 2 aromatic carbocycles. The molecule has 0 aliphatic carbocycles. The molecule has 2 rings (SSSR count). The molecular formula is C16H18Cl2N6O4. The zero-order chi connectivity index (χ0) is 19.1. The second-order valence-electron chi connectivity index (χ2n) is 5.14. The van der Waals surface area contributed by atoms with Gasteiger partial charge in [-0.3, -0.25) is 30.2 Å². The van der Waals surface area contributed by atoms with E-state index >= 15 is 0 Å². The highest BCUT2D eigenvalue weighted by molar-refractivity contribution is 5.98. The van der Waals surface area contributed by atoms with Crippen LogP contribution in [0.3, 0.4) is 0 Å². The standard InChI is InChI=1S/C16H16N6O4.2ClH/c17-15(11-1-5-13(6-2-11)21(23)24)19-9-10-20-16(18)12-3-7-14(8-4-12)22(25)26;;/h1-8H,9-10H2,(H2,17,19)(H2,18,20);2*1H. The van der Waals surface area contributed by atoms with E-state index in [1.807, 2.05) is 0 Å². The molecule has 150 valence electrons. The SMILES string of the molecule is Cl.Cl.NC(=NCCN=C(N)c1ccc([N+](=O)[O-])cc1)c1ccc([N+](=O)[O-])cc1. The maximum atomic E-state index is 10.6. The summed E-state index contributed by atoms with van der Waals surface area (Å²) in [6.45, 7) is 0.549. The molecule has 28 heavy (non-hydrogen) atoms. The summed E-state index contributed by atoms with van der Waals surface area (Å²) in [5.74, 6) is 0.480. The number of nitro groups is 2. The van der Waals surface area contributed by atoms with Crippen molar-refractivity contribution in [2.24, 2.45) is 21.5 Å². The molecule has 2 aromatic rings. The maximum Gasteiger partial charge on any atom is 0.269 e. The predicted octanol–water partition coefficient (Wildman–Crippen LogP) is 2.46. The number of benzene rings is 2. The van der Waals surface area contributed by atoms with Gasteiger partial charge in [0.2, 0.25) is 0 Å². The zero-order valence-corrected chi connectivity index (χ0v) is 16.1. The first-order valence-corrected chi connectivity index (χ1v) is 7.48. The van der Waals surface area contributed by atoms with Crippen molar-refractivity contribution in [3.63, 3.8) is 0 Å². The molecule has 0 aromatic heterocycles. The third-order valence-corrected chi connectivity index (χ3v) is 3.41. The van der Waals surface area contributed by atoms with Gasteiger partial charge in [-0.25, -0.2) is 0 Å². The number of halogens is 2. The Hall–Kier alpha value is -3.24. The average molecular weight is 429 g/mol. The predicted molar refractivity (Wildman–Crippen MR) is 112 cm³/mol. The molecule has 0 bridgehead atoms. The van der Waals surface area contributed by atoms with Crippen LogP contribution in [-0.2, 0) is 0 Å². The Morgan fingerprint density at radius 3 is 1.25 bits per heavy atom. The number of hydrogen-bond acceptors (Lipinski definition) is 6. The van der Waals surface area contributed by atoms with E-state index in [9.17, 15) is 20.2 Å². The number of amidine groups is 2. The second kappa shape index (κ2) is 11.5. The van der Waals surface area contributed by atoms with Crippen molar-refractivity contribution in [2.75, 3.05) is 13.1 Å². The Morgan fingerprint density at radius 2 is 1.00 bits per heavy atom. The fourth-order valence-electron chi connectivity index (χ4n) is 2.03. The first-order chi connectivity index (χ1) is 12.4. The van der Waals surface area contributed by atoms with Gasteiger partial charge in [0.25, 0.3) is 11.4 Å². The smallest absolute Gasteiger partial charge is 0.269 e. The van der Waals surface area contributed by atoms with E-state index in [-0.39, 0.29) is 60.9 Å². The van der Waals surface area contributed by atoms with Crippen molar-refractivity contribution in [2.45, 2.75) is 0 Å². The highest BCUT2D eigenvalue weighted by Crippen LogP contribution is 2.12. The molecule has 0 amide bonds. The van der Waals surface area contributed by atoms with Gasteiger partial charge in [0.15, 0.2) is 0 Å². The van der Waals surface area contributed by atoms with Crippen LogP contribution in [0.25, 0.3) is 0 Å². The molecule has 12 heteroatoms. The van der Waals surface area contributed by atoms with Crippen molar-refractivity contribution >= 4 is 47.9 Å². The molecule has 4 N–H and O–H groups in total. The van der Waals surface area contributed by atoms with Crippen LogP contribution in [0, 0.1) is 20.2 Å². The van der Waals surface area contributed by atoms with Crippen molar-refractivity contribution in [3.05, 3.63) is 79.9 Å². The lowest BCUT2D eigenvalue weighted by atomic mass is 10.2.